The molecule has 6 heteroatoms. The summed E-state index contributed by atoms with van der Waals surface area (Å²) in [5, 5.41) is 9.28. The minimum absolute atomic E-state index is 0.331. The molecular weight excluding hydrogens is 300 g/mol. The van der Waals surface area contributed by atoms with Crippen LogP contribution in [-0.4, -0.2) is 47.8 Å². The molecule has 1 heterocycles. The van der Waals surface area contributed by atoms with E-state index in [1.54, 1.807) is 40.9 Å². The van der Waals surface area contributed by atoms with Gasteiger partial charge in [0.15, 0.2) is 11.7 Å². The lowest BCUT2D eigenvalue weighted by Gasteiger charge is -2.27. The van der Waals surface area contributed by atoms with Crippen molar-refractivity contribution in [3.05, 3.63) is 29.8 Å². The second kappa shape index (κ2) is 7.85. The van der Waals surface area contributed by atoms with Crippen LogP contribution in [0.3, 0.4) is 0 Å². The van der Waals surface area contributed by atoms with Crippen molar-refractivity contribution in [2.45, 2.75) is 6.92 Å². The van der Waals surface area contributed by atoms with Crippen LogP contribution >= 0.6 is 11.8 Å². The summed E-state index contributed by atoms with van der Waals surface area (Å²) in [6.07, 6.45) is 0. The first-order valence-corrected chi connectivity index (χ1v) is 8.36. The third kappa shape index (κ3) is 3.80. The third-order valence-electron chi connectivity index (χ3n) is 3.39. The Morgan fingerprint density at radius 1 is 1.41 bits per heavy atom. The number of ketones is 1. The number of hydrogen-bond donors (Lipinski definition) is 0. The molecule has 5 nitrogen and oxygen atoms in total. The van der Waals surface area contributed by atoms with E-state index >= 15 is 0 Å². The van der Waals surface area contributed by atoms with Crippen molar-refractivity contribution in [2.24, 2.45) is 5.92 Å². The van der Waals surface area contributed by atoms with Crippen LogP contribution in [0.5, 0.6) is 5.75 Å². The van der Waals surface area contributed by atoms with Crippen LogP contribution in [0.1, 0.15) is 17.3 Å². The van der Waals surface area contributed by atoms with Crippen molar-refractivity contribution in [3.8, 4) is 11.8 Å². The van der Waals surface area contributed by atoms with Crippen molar-refractivity contribution in [1.29, 1.82) is 5.26 Å². The Morgan fingerprint density at radius 3 is 2.77 bits per heavy atom. The summed E-state index contributed by atoms with van der Waals surface area (Å²) < 4.78 is 5.35. The predicted molar refractivity (Wildman–Crippen MR) is 84.9 cm³/mol. The Balaban J connectivity index is 2.16. The molecule has 1 aromatic rings. The Bertz CT molecular complexity index is 591. The summed E-state index contributed by atoms with van der Waals surface area (Å²) in [5.41, 5.74) is 0.331. The highest BCUT2D eigenvalue weighted by Gasteiger charge is 2.32. The maximum absolute atomic E-state index is 12.5. The monoisotopic (exact) mass is 318 g/mol. The Morgan fingerprint density at radius 2 is 2.14 bits per heavy atom. The fraction of sp³-hybridized carbons (Fsp3) is 0.438. The topological polar surface area (TPSA) is 70.4 Å². The van der Waals surface area contributed by atoms with Crippen LogP contribution < -0.4 is 4.74 Å². The van der Waals surface area contributed by atoms with E-state index in [1.807, 2.05) is 13.0 Å². The summed E-state index contributed by atoms with van der Waals surface area (Å²) in [6, 6.07) is 8.48. The van der Waals surface area contributed by atoms with Crippen molar-refractivity contribution in [1.82, 2.24) is 4.90 Å². The fourth-order valence-corrected chi connectivity index (χ4v) is 3.17. The number of Topliss-reactive ketones (excluding diaryl/α,β-unsaturated/α-hetero) is 1. The molecule has 22 heavy (non-hydrogen) atoms. The Labute approximate surface area is 134 Å². The van der Waals surface area contributed by atoms with E-state index in [1.165, 1.54) is 0 Å². The fourth-order valence-electron chi connectivity index (χ4n) is 2.26. The predicted octanol–water partition coefficient (Wildman–Crippen LogP) is 1.98. The lowest BCUT2D eigenvalue weighted by molar-refractivity contribution is -0.132. The van der Waals surface area contributed by atoms with Crippen LogP contribution in [0, 0.1) is 17.2 Å². The van der Waals surface area contributed by atoms with Gasteiger partial charge in [-0.05, 0) is 19.1 Å². The molecule has 1 atom stereocenters. The molecule has 0 saturated carbocycles. The van der Waals surface area contributed by atoms with Crippen LogP contribution in [0.25, 0.3) is 0 Å². The van der Waals surface area contributed by atoms with E-state index in [-0.39, 0.29) is 0 Å². The number of carbonyl (C=O) groups is 2. The zero-order valence-electron chi connectivity index (χ0n) is 12.4. The number of hydrogen-bond acceptors (Lipinski definition) is 5. The molecule has 0 radical (unpaired) electrons. The van der Waals surface area contributed by atoms with Crippen LogP contribution in [-0.2, 0) is 4.79 Å². The number of nitriles is 1. The largest absolute Gasteiger partial charge is 0.494 e. The van der Waals surface area contributed by atoms with Gasteiger partial charge in [-0.3, -0.25) is 9.59 Å². The highest BCUT2D eigenvalue weighted by molar-refractivity contribution is 7.99. The quantitative estimate of drug-likeness (QED) is 0.613. The average Bonchev–Trinajstić information content (AvgIpc) is 2.56. The lowest BCUT2D eigenvalue weighted by Crippen LogP contribution is -2.43. The van der Waals surface area contributed by atoms with Gasteiger partial charge in [-0.25, -0.2) is 0 Å². The van der Waals surface area contributed by atoms with E-state index < -0.39 is 17.6 Å². The van der Waals surface area contributed by atoms with Crippen molar-refractivity contribution in [3.63, 3.8) is 0 Å². The second-order valence-electron chi connectivity index (χ2n) is 4.82. The SMILES string of the molecule is CCOc1cccc(C(=O)[C@@H](C#N)C(=O)N2CCSCC2)c1. The highest BCUT2D eigenvalue weighted by Crippen LogP contribution is 2.19. The van der Waals surface area contributed by atoms with Gasteiger partial charge in [-0.15, -0.1) is 0 Å². The molecule has 1 saturated heterocycles. The second-order valence-corrected chi connectivity index (χ2v) is 6.05. The van der Waals surface area contributed by atoms with Gasteiger partial charge < -0.3 is 9.64 Å². The molecule has 1 aliphatic rings. The zero-order valence-corrected chi connectivity index (χ0v) is 13.3. The summed E-state index contributed by atoms with van der Waals surface area (Å²) in [6.45, 7) is 3.52. The van der Waals surface area contributed by atoms with E-state index in [4.69, 9.17) is 4.74 Å². The molecular formula is C16H18N2O3S. The molecule has 1 aliphatic heterocycles. The van der Waals surface area contributed by atoms with Crippen molar-refractivity contribution < 1.29 is 14.3 Å². The van der Waals surface area contributed by atoms with E-state index in [9.17, 15) is 14.9 Å². The summed E-state index contributed by atoms with van der Waals surface area (Å²) in [5.74, 6) is 0.115. The average molecular weight is 318 g/mol. The molecule has 1 fully saturated rings. The van der Waals surface area contributed by atoms with E-state index in [0.29, 0.717) is 31.0 Å². The number of ether oxygens (including phenoxy) is 1. The molecule has 116 valence electrons. The van der Waals surface area contributed by atoms with E-state index in [0.717, 1.165) is 11.5 Å². The standard InChI is InChI=1S/C16H18N2O3S/c1-2-21-13-5-3-4-12(10-13)15(19)14(11-17)16(20)18-6-8-22-9-7-18/h3-5,10,14H,2,6-9H2,1H3/t14-/m1/s1. The number of thioether (sulfide) groups is 1. The zero-order chi connectivity index (χ0) is 15.9. The maximum atomic E-state index is 12.5. The van der Waals surface area contributed by atoms with Gasteiger partial charge in [0.25, 0.3) is 0 Å². The number of nitrogens with zero attached hydrogens (tertiary/aromatic N) is 2. The molecule has 1 amide bonds. The Kier molecular flexibility index (Phi) is 5.84. The number of rotatable bonds is 5. The normalized spacial score (nSPS) is 15.7. The van der Waals surface area contributed by atoms with E-state index in [2.05, 4.69) is 0 Å². The first-order valence-electron chi connectivity index (χ1n) is 7.20. The molecule has 0 aliphatic carbocycles. The van der Waals surface area contributed by atoms with Gasteiger partial charge in [0.1, 0.15) is 5.75 Å². The maximum Gasteiger partial charge on any atom is 0.248 e. The van der Waals surface area contributed by atoms with Crippen molar-refractivity contribution in [2.75, 3.05) is 31.2 Å². The number of benzene rings is 1. The van der Waals surface area contributed by atoms with Crippen molar-refractivity contribution >= 4 is 23.5 Å². The Hall–Kier alpha value is -2.00. The molecule has 0 bridgehead atoms. The molecule has 1 aromatic carbocycles. The van der Waals surface area contributed by atoms with Gasteiger partial charge in [0.2, 0.25) is 5.91 Å². The number of amides is 1. The molecule has 2 rings (SSSR count). The summed E-state index contributed by atoms with van der Waals surface area (Å²) in [7, 11) is 0. The van der Waals surface area contributed by atoms with Crippen LogP contribution in [0.2, 0.25) is 0 Å². The van der Waals surface area contributed by atoms with Gasteiger partial charge >= 0.3 is 0 Å². The molecule has 0 unspecified atom stereocenters. The highest BCUT2D eigenvalue weighted by atomic mass is 32.2. The van der Waals surface area contributed by atoms with Gasteiger partial charge in [0, 0.05) is 30.2 Å². The molecule has 0 spiro atoms. The van der Waals surface area contributed by atoms with Gasteiger partial charge in [-0.2, -0.15) is 17.0 Å². The van der Waals surface area contributed by atoms with Gasteiger partial charge in [0.05, 0.1) is 12.7 Å². The molecule has 0 aromatic heterocycles. The van der Waals surface area contributed by atoms with Crippen LogP contribution in [0.4, 0.5) is 0 Å². The first kappa shape index (κ1) is 16.4. The minimum atomic E-state index is -1.28. The van der Waals surface area contributed by atoms with Gasteiger partial charge in [-0.1, -0.05) is 12.1 Å². The number of carbonyl (C=O) groups excluding carboxylic acids is 2. The minimum Gasteiger partial charge on any atom is -0.494 e. The summed E-state index contributed by atoms with van der Waals surface area (Å²) in [4.78, 5) is 26.5. The third-order valence-corrected chi connectivity index (χ3v) is 4.33. The summed E-state index contributed by atoms with van der Waals surface area (Å²) >= 11 is 1.77. The lowest BCUT2D eigenvalue weighted by atomic mass is 9.97. The van der Waals surface area contributed by atoms with Crippen LogP contribution in [0.15, 0.2) is 24.3 Å². The smallest absolute Gasteiger partial charge is 0.248 e. The first-order chi connectivity index (χ1) is 10.7. The molecule has 0 N–H and O–H groups in total.